The highest BCUT2D eigenvalue weighted by Crippen LogP contribution is 2.33. The fourth-order valence-electron chi connectivity index (χ4n) is 1.97. The maximum Gasteiger partial charge on any atom is 0.416 e. The number of hydrogen-bond donors (Lipinski definition) is 1. The molecule has 2 N–H and O–H groups in total. The molecule has 0 aliphatic carbocycles. The fraction of sp³-hybridized carbons (Fsp3) is 0.462. The van der Waals surface area contributed by atoms with Crippen molar-refractivity contribution in [2.75, 3.05) is 11.4 Å². The minimum Gasteiger partial charge on any atom is -0.389 e. The molecule has 0 aliphatic rings. The molecule has 0 aromatic heterocycles. The summed E-state index contributed by atoms with van der Waals surface area (Å²) in [5.41, 5.74) is 5.72. The Hall–Kier alpha value is -1.30. The van der Waals surface area contributed by atoms with Gasteiger partial charge in [0.05, 0.1) is 5.56 Å². The molecule has 0 saturated carbocycles. The van der Waals surface area contributed by atoms with Crippen molar-refractivity contribution in [2.45, 2.75) is 33.0 Å². The maximum atomic E-state index is 12.7. The highest BCUT2D eigenvalue weighted by molar-refractivity contribution is 7.80. The Balaban J connectivity index is 3.38. The van der Waals surface area contributed by atoms with E-state index < -0.39 is 11.7 Å². The molecule has 0 amide bonds. The van der Waals surface area contributed by atoms with E-state index in [0.29, 0.717) is 12.2 Å². The molecule has 0 saturated heterocycles. The van der Waals surface area contributed by atoms with Gasteiger partial charge in [0, 0.05) is 23.8 Å². The van der Waals surface area contributed by atoms with E-state index in [1.165, 1.54) is 6.07 Å². The number of halogens is 3. The van der Waals surface area contributed by atoms with E-state index >= 15 is 0 Å². The zero-order chi connectivity index (χ0) is 14.8. The number of alkyl halides is 3. The molecule has 0 fully saturated rings. The number of anilines is 1. The van der Waals surface area contributed by atoms with Crippen molar-refractivity contribution in [3.05, 3.63) is 29.3 Å². The van der Waals surface area contributed by atoms with Crippen LogP contribution in [0.25, 0.3) is 0 Å². The second kappa shape index (κ2) is 5.77. The van der Waals surface area contributed by atoms with Crippen LogP contribution in [0.2, 0.25) is 0 Å². The third-order valence-electron chi connectivity index (χ3n) is 2.86. The summed E-state index contributed by atoms with van der Waals surface area (Å²) in [6, 6.07) is 3.65. The highest BCUT2D eigenvalue weighted by Gasteiger charge is 2.31. The summed E-state index contributed by atoms with van der Waals surface area (Å²) in [4.78, 5) is 1.93. The van der Waals surface area contributed by atoms with Crippen molar-refractivity contribution < 1.29 is 13.2 Å². The summed E-state index contributed by atoms with van der Waals surface area (Å²) in [7, 11) is 0. The molecule has 1 aromatic rings. The summed E-state index contributed by atoms with van der Waals surface area (Å²) in [5.74, 6) is 0. The smallest absolute Gasteiger partial charge is 0.389 e. The molecule has 0 aliphatic heterocycles. The van der Waals surface area contributed by atoms with Gasteiger partial charge < -0.3 is 10.6 Å². The van der Waals surface area contributed by atoms with E-state index in [2.05, 4.69) is 0 Å². The van der Waals surface area contributed by atoms with Crippen LogP contribution in [0.4, 0.5) is 18.9 Å². The molecule has 0 bridgehead atoms. The standard InChI is InChI=1S/C13H17F3N2S/c1-4-18(8(2)3)11-6-5-9(13(14,15)16)7-10(11)12(17)19/h5-8H,4H2,1-3H3,(H2,17,19). The van der Waals surface area contributed by atoms with Crippen LogP contribution in [-0.4, -0.2) is 17.6 Å². The molecule has 1 rings (SSSR count). The topological polar surface area (TPSA) is 29.3 Å². The van der Waals surface area contributed by atoms with E-state index in [9.17, 15) is 13.2 Å². The third-order valence-corrected chi connectivity index (χ3v) is 3.08. The Kier molecular flexibility index (Phi) is 4.79. The number of nitrogens with two attached hydrogens (primary N) is 1. The minimum atomic E-state index is -4.40. The van der Waals surface area contributed by atoms with Crippen molar-refractivity contribution in [3.63, 3.8) is 0 Å². The first-order chi connectivity index (χ1) is 8.68. The predicted molar refractivity (Wildman–Crippen MR) is 75.5 cm³/mol. The molecule has 0 atom stereocenters. The molecule has 0 heterocycles. The Morgan fingerprint density at radius 1 is 1.37 bits per heavy atom. The molecule has 1 aromatic carbocycles. The van der Waals surface area contributed by atoms with Gasteiger partial charge in [0.15, 0.2) is 0 Å². The molecule has 106 valence electrons. The number of rotatable bonds is 4. The first-order valence-electron chi connectivity index (χ1n) is 5.96. The highest BCUT2D eigenvalue weighted by atomic mass is 32.1. The maximum absolute atomic E-state index is 12.7. The van der Waals surface area contributed by atoms with Crippen LogP contribution in [0.15, 0.2) is 18.2 Å². The normalized spacial score (nSPS) is 11.7. The lowest BCUT2D eigenvalue weighted by Crippen LogP contribution is -2.32. The predicted octanol–water partition coefficient (Wildman–Crippen LogP) is 3.57. The van der Waals surface area contributed by atoms with Gasteiger partial charge in [-0.2, -0.15) is 13.2 Å². The van der Waals surface area contributed by atoms with Gasteiger partial charge >= 0.3 is 6.18 Å². The minimum absolute atomic E-state index is 0.0276. The number of benzene rings is 1. The average Bonchev–Trinajstić information content (AvgIpc) is 2.28. The number of thiocarbonyl (C=S) groups is 1. The Bertz CT molecular complexity index is 469. The monoisotopic (exact) mass is 290 g/mol. The summed E-state index contributed by atoms with van der Waals surface area (Å²) in [6.07, 6.45) is -4.40. The SMILES string of the molecule is CCN(c1ccc(C(F)(F)F)cc1C(N)=S)C(C)C. The van der Waals surface area contributed by atoms with Crippen molar-refractivity contribution in [1.82, 2.24) is 0 Å². The van der Waals surface area contributed by atoms with E-state index in [0.717, 1.165) is 12.1 Å². The summed E-state index contributed by atoms with van der Waals surface area (Å²) < 4.78 is 38.1. The molecule has 0 spiro atoms. The average molecular weight is 290 g/mol. The van der Waals surface area contributed by atoms with Gasteiger partial charge in [0.25, 0.3) is 0 Å². The largest absolute Gasteiger partial charge is 0.416 e. The second-order valence-electron chi connectivity index (χ2n) is 4.47. The molecule has 19 heavy (non-hydrogen) atoms. The Labute approximate surface area is 116 Å². The zero-order valence-electron chi connectivity index (χ0n) is 11.1. The van der Waals surface area contributed by atoms with Crippen LogP contribution < -0.4 is 10.6 Å². The summed E-state index contributed by atoms with van der Waals surface area (Å²) in [6.45, 7) is 6.52. The lowest BCUT2D eigenvalue weighted by Gasteiger charge is -2.30. The van der Waals surface area contributed by atoms with E-state index in [4.69, 9.17) is 18.0 Å². The van der Waals surface area contributed by atoms with Gasteiger partial charge in [-0.3, -0.25) is 0 Å². The number of hydrogen-bond acceptors (Lipinski definition) is 2. The lowest BCUT2D eigenvalue weighted by atomic mass is 10.1. The molecular weight excluding hydrogens is 273 g/mol. The van der Waals surface area contributed by atoms with Crippen molar-refractivity contribution in [1.29, 1.82) is 0 Å². The van der Waals surface area contributed by atoms with Crippen LogP contribution in [-0.2, 0) is 6.18 Å². The van der Waals surface area contributed by atoms with E-state index in [1.807, 2.05) is 25.7 Å². The van der Waals surface area contributed by atoms with Gasteiger partial charge in [-0.05, 0) is 39.0 Å². The Morgan fingerprint density at radius 3 is 2.32 bits per heavy atom. The van der Waals surface area contributed by atoms with E-state index in [1.54, 1.807) is 0 Å². The van der Waals surface area contributed by atoms with Gasteiger partial charge in [-0.25, -0.2) is 0 Å². The molecule has 0 unspecified atom stereocenters. The van der Waals surface area contributed by atoms with Crippen LogP contribution >= 0.6 is 12.2 Å². The van der Waals surface area contributed by atoms with Crippen molar-refractivity contribution in [2.24, 2.45) is 5.73 Å². The van der Waals surface area contributed by atoms with Crippen LogP contribution in [0.3, 0.4) is 0 Å². The van der Waals surface area contributed by atoms with Crippen molar-refractivity contribution in [3.8, 4) is 0 Å². The lowest BCUT2D eigenvalue weighted by molar-refractivity contribution is -0.137. The summed E-state index contributed by atoms with van der Waals surface area (Å²) >= 11 is 4.87. The van der Waals surface area contributed by atoms with Gasteiger partial charge in [0.1, 0.15) is 4.99 Å². The van der Waals surface area contributed by atoms with Crippen molar-refractivity contribution >= 4 is 22.9 Å². The van der Waals surface area contributed by atoms with Gasteiger partial charge in [-0.15, -0.1) is 0 Å². The van der Waals surface area contributed by atoms with E-state index in [-0.39, 0.29) is 16.6 Å². The first-order valence-corrected chi connectivity index (χ1v) is 6.37. The zero-order valence-corrected chi connectivity index (χ0v) is 11.9. The third kappa shape index (κ3) is 3.59. The molecule has 0 radical (unpaired) electrons. The van der Waals surface area contributed by atoms with Gasteiger partial charge in [0.2, 0.25) is 0 Å². The van der Waals surface area contributed by atoms with Crippen LogP contribution in [0, 0.1) is 0 Å². The van der Waals surface area contributed by atoms with Gasteiger partial charge in [-0.1, -0.05) is 12.2 Å². The van der Waals surface area contributed by atoms with Crippen LogP contribution in [0.5, 0.6) is 0 Å². The first kappa shape index (κ1) is 15.8. The summed E-state index contributed by atoms with van der Waals surface area (Å²) in [5, 5.41) is 0. The van der Waals surface area contributed by atoms with Crippen LogP contribution in [0.1, 0.15) is 31.9 Å². The number of nitrogens with zero attached hydrogens (tertiary/aromatic N) is 1. The second-order valence-corrected chi connectivity index (χ2v) is 4.91. The molecule has 2 nitrogen and oxygen atoms in total. The molecule has 6 heteroatoms. The molecular formula is C13H17F3N2S. The fourth-order valence-corrected chi connectivity index (χ4v) is 2.14. The quantitative estimate of drug-likeness (QED) is 0.860. The Morgan fingerprint density at radius 2 is 1.95 bits per heavy atom.